The van der Waals surface area contributed by atoms with Gasteiger partial charge in [-0.25, -0.2) is 9.18 Å². The molecule has 3 aromatic rings. The summed E-state index contributed by atoms with van der Waals surface area (Å²) >= 11 is 4.71. The van der Waals surface area contributed by atoms with E-state index < -0.39 is 11.9 Å². The van der Waals surface area contributed by atoms with Crippen LogP contribution in [0.5, 0.6) is 0 Å². The Morgan fingerprint density at radius 2 is 1.76 bits per heavy atom. The highest BCUT2D eigenvalue weighted by Crippen LogP contribution is 2.40. The van der Waals surface area contributed by atoms with Gasteiger partial charge in [-0.1, -0.05) is 40.2 Å². The van der Waals surface area contributed by atoms with E-state index >= 15 is 0 Å². The molecular weight excluding hydrogens is 457 g/mol. The number of amides is 1. The highest BCUT2D eigenvalue weighted by molar-refractivity contribution is 9.10. The molecule has 0 saturated heterocycles. The molecule has 0 aliphatic rings. The molecule has 148 valence electrons. The molecule has 0 saturated carbocycles. The van der Waals surface area contributed by atoms with Gasteiger partial charge >= 0.3 is 5.97 Å². The summed E-state index contributed by atoms with van der Waals surface area (Å²) in [5, 5.41) is 3.18. The van der Waals surface area contributed by atoms with Crippen LogP contribution in [-0.4, -0.2) is 19.0 Å². The summed E-state index contributed by atoms with van der Waals surface area (Å²) in [7, 11) is 1.31. The molecule has 1 N–H and O–H groups in total. The van der Waals surface area contributed by atoms with Gasteiger partial charge in [0.1, 0.15) is 16.4 Å². The van der Waals surface area contributed by atoms with Gasteiger partial charge in [0.25, 0.3) is 0 Å². The van der Waals surface area contributed by atoms with E-state index in [1.807, 2.05) is 31.2 Å². The minimum atomic E-state index is -0.523. The number of benzene rings is 2. The van der Waals surface area contributed by atoms with Crippen LogP contribution in [0.4, 0.5) is 9.39 Å². The maximum absolute atomic E-state index is 13.0. The van der Waals surface area contributed by atoms with Crippen LogP contribution in [0, 0.1) is 12.7 Å². The lowest BCUT2D eigenvalue weighted by atomic mass is 10.0. The van der Waals surface area contributed by atoms with Gasteiger partial charge in [0.15, 0.2) is 0 Å². The number of nitrogens with one attached hydrogen (secondary N) is 1. The summed E-state index contributed by atoms with van der Waals surface area (Å²) in [6.07, 6.45) is 2.91. The zero-order valence-corrected chi connectivity index (χ0v) is 18.1. The first-order valence-electron chi connectivity index (χ1n) is 8.61. The number of aryl methyl sites for hydroxylation is 1. The van der Waals surface area contributed by atoms with Crippen LogP contribution in [0.1, 0.15) is 20.8 Å². The molecule has 0 radical (unpaired) electrons. The van der Waals surface area contributed by atoms with Crippen molar-refractivity contribution in [2.45, 2.75) is 6.92 Å². The van der Waals surface area contributed by atoms with Crippen LogP contribution in [0.2, 0.25) is 0 Å². The minimum absolute atomic E-state index is 0.320. The van der Waals surface area contributed by atoms with Crippen molar-refractivity contribution >= 4 is 50.2 Å². The summed E-state index contributed by atoms with van der Waals surface area (Å²) in [5.41, 5.74) is 2.59. The maximum atomic E-state index is 13.0. The number of carbonyl (C=O) groups is 2. The van der Waals surface area contributed by atoms with Crippen molar-refractivity contribution < 1.29 is 18.7 Å². The van der Waals surface area contributed by atoms with E-state index in [1.165, 1.54) is 36.7 Å². The molecule has 0 fully saturated rings. The number of halogens is 2. The Hall–Kier alpha value is -2.77. The molecule has 1 aromatic heterocycles. The van der Waals surface area contributed by atoms with Crippen molar-refractivity contribution in [3.05, 3.63) is 80.9 Å². The minimum Gasteiger partial charge on any atom is -0.465 e. The average Bonchev–Trinajstić information content (AvgIpc) is 3.03. The first-order chi connectivity index (χ1) is 13.9. The number of thiophene rings is 1. The van der Waals surface area contributed by atoms with Gasteiger partial charge in [0, 0.05) is 21.0 Å². The van der Waals surface area contributed by atoms with Crippen LogP contribution < -0.4 is 5.32 Å². The lowest BCUT2D eigenvalue weighted by Gasteiger charge is -2.07. The molecule has 0 bridgehead atoms. The number of hydrogen-bond donors (Lipinski definition) is 1. The van der Waals surface area contributed by atoms with E-state index in [4.69, 9.17) is 4.74 Å². The molecular formula is C22H17BrFNO3S. The number of hydrogen-bond acceptors (Lipinski definition) is 4. The fourth-order valence-electron chi connectivity index (χ4n) is 2.79. The van der Waals surface area contributed by atoms with Gasteiger partial charge in [-0.2, -0.15) is 0 Å². The Bertz CT molecular complexity index is 1070. The lowest BCUT2D eigenvalue weighted by Crippen LogP contribution is -2.11. The van der Waals surface area contributed by atoms with Gasteiger partial charge < -0.3 is 10.1 Å². The summed E-state index contributed by atoms with van der Waals surface area (Å²) in [6.45, 7) is 1.89. The van der Waals surface area contributed by atoms with Crippen LogP contribution in [0.3, 0.4) is 0 Å². The van der Waals surface area contributed by atoms with Gasteiger partial charge in [-0.05, 0) is 48.4 Å². The average molecular weight is 474 g/mol. The van der Waals surface area contributed by atoms with E-state index in [9.17, 15) is 14.0 Å². The van der Waals surface area contributed by atoms with Crippen LogP contribution in [0.25, 0.3) is 17.2 Å². The molecule has 0 unspecified atom stereocenters. The highest BCUT2D eigenvalue weighted by Gasteiger charge is 2.24. The van der Waals surface area contributed by atoms with Crippen LogP contribution >= 0.6 is 27.3 Å². The van der Waals surface area contributed by atoms with Crippen LogP contribution in [0.15, 0.2) is 59.1 Å². The third kappa shape index (κ3) is 4.99. The van der Waals surface area contributed by atoms with E-state index in [0.29, 0.717) is 16.1 Å². The van der Waals surface area contributed by atoms with Gasteiger partial charge in [0.2, 0.25) is 5.91 Å². The molecule has 0 spiro atoms. The number of rotatable bonds is 5. The molecule has 2 aromatic carbocycles. The molecule has 0 aliphatic heterocycles. The third-order valence-electron chi connectivity index (χ3n) is 4.14. The number of esters is 1. The Kier molecular flexibility index (Phi) is 6.61. The van der Waals surface area contributed by atoms with Crippen molar-refractivity contribution in [3.63, 3.8) is 0 Å². The molecule has 1 amide bonds. The highest BCUT2D eigenvalue weighted by atomic mass is 79.9. The van der Waals surface area contributed by atoms with E-state index in [-0.39, 0.29) is 5.82 Å². The number of methoxy groups -OCH3 is 1. The molecule has 29 heavy (non-hydrogen) atoms. The second-order valence-corrected chi connectivity index (χ2v) is 8.25. The second-order valence-electron chi connectivity index (χ2n) is 6.11. The van der Waals surface area contributed by atoms with Crippen molar-refractivity contribution in [3.8, 4) is 11.1 Å². The lowest BCUT2D eigenvalue weighted by molar-refractivity contribution is -0.111. The summed E-state index contributed by atoms with van der Waals surface area (Å²) in [5.74, 6) is -1.27. The predicted molar refractivity (Wildman–Crippen MR) is 118 cm³/mol. The fraction of sp³-hybridized carbons (Fsp3) is 0.0909. The topological polar surface area (TPSA) is 55.4 Å². The fourth-order valence-corrected chi connectivity index (χ4v) is 4.12. The van der Waals surface area contributed by atoms with Gasteiger partial charge in [0.05, 0.1) is 7.11 Å². The molecule has 7 heteroatoms. The molecule has 0 atom stereocenters. The normalized spacial score (nSPS) is 10.9. The molecule has 0 aliphatic carbocycles. The summed E-state index contributed by atoms with van der Waals surface area (Å²) in [6, 6.07) is 13.3. The maximum Gasteiger partial charge on any atom is 0.341 e. The smallest absolute Gasteiger partial charge is 0.341 e. The predicted octanol–water partition coefficient (Wildman–Crippen LogP) is 6.06. The van der Waals surface area contributed by atoms with E-state index in [0.717, 1.165) is 20.5 Å². The number of anilines is 1. The van der Waals surface area contributed by atoms with E-state index in [2.05, 4.69) is 21.2 Å². The molecule has 1 heterocycles. The second kappa shape index (κ2) is 9.15. The van der Waals surface area contributed by atoms with Gasteiger partial charge in [-0.15, -0.1) is 11.3 Å². The zero-order valence-electron chi connectivity index (χ0n) is 15.7. The largest absolute Gasteiger partial charge is 0.465 e. The standard InChI is InChI=1S/C22H17BrFNO3S/c1-13-19(15-6-8-16(23)9-7-15)20(22(27)28-2)21(29-13)25-18(26)12-5-14-3-10-17(24)11-4-14/h3-12H,1-2H3,(H,25,26)/b12-5+. The Morgan fingerprint density at radius 1 is 1.10 bits per heavy atom. The van der Waals surface area contributed by atoms with Crippen molar-refractivity contribution in [1.82, 2.24) is 0 Å². The molecule has 4 nitrogen and oxygen atoms in total. The zero-order chi connectivity index (χ0) is 21.0. The Labute approximate surface area is 180 Å². The van der Waals surface area contributed by atoms with Gasteiger partial charge in [-0.3, -0.25) is 4.79 Å². The SMILES string of the molecule is COC(=O)c1c(NC(=O)/C=C/c2ccc(F)cc2)sc(C)c1-c1ccc(Br)cc1. The quantitative estimate of drug-likeness (QED) is 0.361. The summed E-state index contributed by atoms with van der Waals surface area (Å²) < 4.78 is 18.9. The number of ether oxygens (including phenoxy) is 1. The third-order valence-corrected chi connectivity index (χ3v) is 5.69. The molecule has 3 rings (SSSR count). The van der Waals surface area contributed by atoms with Crippen molar-refractivity contribution in [2.24, 2.45) is 0 Å². The first-order valence-corrected chi connectivity index (χ1v) is 10.2. The Morgan fingerprint density at radius 3 is 2.38 bits per heavy atom. The monoisotopic (exact) mass is 473 g/mol. The van der Waals surface area contributed by atoms with Crippen molar-refractivity contribution in [2.75, 3.05) is 12.4 Å². The first kappa shape index (κ1) is 21.0. The van der Waals surface area contributed by atoms with E-state index in [1.54, 1.807) is 18.2 Å². The summed E-state index contributed by atoms with van der Waals surface area (Å²) in [4.78, 5) is 25.7. The van der Waals surface area contributed by atoms with Crippen LogP contribution in [-0.2, 0) is 9.53 Å². The van der Waals surface area contributed by atoms with Crippen molar-refractivity contribution in [1.29, 1.82) is 0 Å². The number of carbonyl (C=O) groups excluding carboxylic acids is 2. The Balaban J connectivity index is 1.91.